The smallest absolute Gasteiger partial charge is 0.263 e. The summed E-state index contributed by atoms with van der Waals surface area (Å²) in [5, 5.41) is 13.1. The van der Waals surface area contributed by atoms with E-state index in [9.17, 15) is 18.4 Å². The number of nitrogens with zero attached hydrogens (tertiary/aromatic N) is 6. The van der Waals surface area contributed by atoms with Crippen LogP contribution in [0.5, 0.6) is 0 Å². The molecule has 9 nitrogen and oxygen atoms in total. The molecule has 162 valence electrons. The lowest BCUT2D eigenvalue weighted by Gasteiger charge is -2.19. The molecule has 0 bridgehead atoms. The van der Waals surface area contributed by atoms with Gasteiger partial charge in [-0.15, -0.1) is 0 Å². The van der Waals surface area contributed by atoms with Gasteiger partial charge in [-0.1, -0.05) is 22.5 Å². The molecule has 0 spiro atoms. The first-order valence-corrected chi connectivity index (χ1v) is 9.74. The molecular formula is C21H16F2N6O3. The van der Waals surface area contributed by atoms with E-state index in [0.717, 1.165) is 39.8 Å². The lowest BCUT2D eigenvalue weighted by Crippen LogP contribution is -2.39. The average molecular weight is 438 g/mol. The first-order valence-electron chi connectivity index (χ1n) is 9.74. The van der Waals surface area contributed by atoms with Crippen LogP contribution in [-0.2, 0) is 16.1 Å². The maximum atomic E-state index is 13.6. The molecule has 1 fully saturated rings. The highest BCUT2D eigenvalue weighted by Gasteiger charge is 2.55. The summed E-state index contributed by atoms with van der Waals surface area (Å²) in [6.45, 7) is 3.93. The summed E-state index contributed by atoms with van der Waals surface area (Å²) in [5.74, 6) is -2.99. The Balaban J connectivity index is 1.37. The van der Waals surface area contributed by atoms with Crippen LogP contribution in [0, 0.1) is 25.5 Å². The fourth-order valence-corrected chi connectivity index (χ4v) is 3.69. The molecule has 5 rings (SSSR count). The molecule has 0 saturated carbocycles. The minimum Gasteiger partial charge on any atom is -0.337 e. The number of fused-ring (bicyclic) bond motifs is 1. The fraction of sp³-hybridized carbons (Fsp3) is 0.238. The summed E-state index contributed by atoms with van der Waals surface area (Å²) < 4.78 is 32.2. The predicted molar refractivity (Wildman–Crippen MR) is 106 cm³/mol. The summed E-state index contributed by atoms with van der Waals surface area (Å²) in [6.07, 6.45) is 0. The summed E-state index contributed by atoms with van der Waals surface area (Å²) in [5.41, 5.74) is 2.92. The second-order valence-corrected chi connectivity index (χ2v) is 7.61. The van der Waals surface area contributed by atoms with Crippen LogP contribution < -0.4 is 4.90 Å². The first kappa shape index (κ1) is 19.9. The van der Waals surface area contributed by atoms with Crippen molar-refractivity contribution in [3.8, 4) is 11.4 Å². The molecule has 1 aromatic heterocycles. The average Bonchev–Trinajstić information content (AvgIpc) is 3.45. The molecule has 2 atom stereocenters. The number of hydrogen-bond acceptors (Lipinski definition) is 8. The van der Waals surface area contributed by atoms with Crippen LogP contribution in [0.25, 0.3) is 11.4 Å². The van der Waals surface area contributed by atoms with Gasteiger partial charge >= 0.3 is 0 Å². The topological polar surface area (TPSA) is 104 Å². The van der Waals surface area contributed by atoms with Crippen molar-refractivity contribution in [3.05, 3.63) is 65.1 Å². The van der Waals surface area contributed by atoms with Gasteiger partial charge in [0, 0.05) is 11.6 Å². The minimum absolute atomic E-state index is 0.0485. The van der Waals surface area contributed by atoms with Crippen LogP contribution in [0.1, 0.15) is 17.0 Å². The molecule has 11 heteroatoms. The van der Waals surface area contributed by atoms with Crippen LogP contribution in [0.4, 0.5) is 14.5 Å². The third-order valence-electron chi connectivity index (χ3n) is 5.55. The van der Waals surface area contributed by atoms with E-state index in [1.165, 1.54) is 5.01 Å². The van der Waals surface area contributed by atoms with E-state index in [1.54, 1.807) is 0 Å². The summed E-state index contributed by atoms with van der Waals surface area (Å²) in [4.78, 5) is 30.8. The van der Waals surface area contributed by atoms with Crippen molar-refractivity contribution >= 4 is 17.5 Å². The van der Waals surface area contributed by atoms with Crippen LogP contribution in [-0.4, -0.2) is 39.0 Å². The van der Waals surface area contributed by atoms with Gasteiger partial charge in [-0.05, 0) is 43.2 Å². The SMILES string of the molecule is Cc1ccc(-c2noc(CN3N=NC4C(=O)N(c5ccc(F)c(F)c5)C(=O)C43)n2)cc1C. The Bertz CT molecular complexity index is 1290. The first-order chi connectivity index (χ1) is 15.3. The van der Waals surface area contributed by atoms with Gasteiger partial charge in [0.05, 0.1) is 5.69 Å². The maximum absolute atomic E-state index is 13.6. The van der Waals surface area contributed by atoms with Gasteiger partial charge in [0.2, 0.25) is 11.7 Å². The van der Waals surface area contributed by atoms with E-state index < -0.39 is 35.5 Å². The van der Waals surface area contributed by atoms with Crippen molar-refractivity contribution in [2.45, 2.75) is 32.5 Å². The number of amides is 2. The number of rotatable bonds is 4. The molecule has 0 N–H and O–H groups in total. The van der Waals surface area contributed by atoms with Crippen molar-refractivity contribution in [1.82, 2.24) is 15.1 Å². The summed E-state index contributed by atoms with van der Waals surface area (Å²) >= 11 is 0. The molecule has 0 radical (unpaired) electrons. The fourth-order valence-electron chi connectivity index (χ4n) is 3.69. The van der Waals surface area contributed by atoms with Crippen LogP contribution in [0.2, 0.25) is 0 Å². The number of aryl methyl sites for hydroxylation is 2. The minimum atomic E-state index is -1.16. The van der Waals surface area contributed by atoms with Gasteiger partial charge in [-0.2, -0.15) is 10.1 Å². The molecule has 3 heterocycles. The highest BCUT2D eigenvalue weighted by molar-refractivity contribution is 6.25. The Morgan fingerprint density at radius 1 is 1.00 bits per heavy atom. The third kappa shape index (κ3) is 3.13. The molecule has 32 heavy (non-hydrogen) atoms. The number of anilines is 1. The van der Waals surface area contributed by atoms with Gasteiger partial charge in [-0.3, -0.25) is 14.6 Å². The Morgan fingerprint density at radius 2 is 1.81 bits per heavy atom. The molecule has 0 aliphatic carbocycles. The molecule has 2 unspecified atom stereocenters. The predicted octanol–water partition coefficient (Wildman–Crippen LogP) is 3.13. The number of benzene rings is 2. The molecule has 2 aliphatic heterocycles. The molecule has 1 saturated heterocycles. The zero-order valence-electron chi connectivity index (χ0n) is 17.0. The monoisotopic (exact) mass is 438 g/mol. The quantitative estimate of drug-likeness (QED) is 0.580. The maximum Gasteiger partial charge on any atom is 0.263 e. The van der Waals surface area contributed by atoms with E-state index in [2.05, 4.69) is 20.5 Å². The van der Waals surface area contributed by atoms with Crippen LogP contribution >= 0.6 is 0 Å². The van der Waals surface area contributed by atoms with Crippen molar-refractivity contribution in [2.75, 3.05) is 4.90 Å². The van der Waals surface area contributed by atoms with Crippen LogP contribution in [0.15, 0.2) is 51.3 Å². The highest BCUT2D eigenvalue weighted by atomic mass is 19.2. The molecule has 2 amide bonds. The van der Waals surface area contributed by atoms with E-state index in [4.69, 9.17) is 4.52 Å². The molecule has 2 aliphatic rings. The van der Waals surface area contributed by atoms with Crippen molar-refractivity contribution in [2.24, 2.45) is 10.3 Å². The largest absolute Gasteiger partial charge is 0.337 e. The number of imide groups is 1. The van der Waals surface area contributed by atoms with E-state index >= 15 is 0 Å². The van der Waals surface area contributed by atoms with E-state index in [1.807, 2.05) is 32.0 Å². The highest BCUT2D eigenvalue weighted by Crippen LogP contribution is 2.33. The standard InChI is InChI=1S/C21H16F2N6O3/c1-10-3-4-12(7-11(10)2)19-24-16(32-26-19)9-28-18-17(25-27-28)20(30)29(21(18)31)13-5-6-14(22)15(23)8-13/h3-8,17-18H,9H2,1-2H3. The lowest BCUT2D eigenvalue weighted by atomic mass is 10.1. The van der Waals surface area contributed by atoms with Gasteiger partial charge in [0.25, 0.3) is 11.8 Å². The second kappa shape index (κ2) is 7.29. The van der Waals surface area contributed by atoms with Crippen molar-refractivity contribution in [3.63, 3.8) is 0 Å². The summed E-state index contributed by atoms with van der Waals surface area (Å²) in [6, 6.07) is 6.45. The van der Waals surface area contributed by atoms with Gasteiger partial charge in [0.15, 0.2) is 23.7 Å². The Hall–Kier alpha value is -4.02. The number of aromatic nitrogens is 2. The number of carbonyl (C=O) groups is 2. The number of halogens is 2. The van der Waals surface area contributed by atoms with Gasteiger partial charge in [0.1, 0.15) is 6.54 Å². The Labute approximate surface area is 180 Å². The van der Waals surface area contributed by atoms with E-state index in [-0.39, 0.29) is 18.1 Å². The summed E-state index contributed by atoms with van der Waals surface area (Å²) in [7, 11) is 0. The second-order valence-electron chi connectivity index (χ2n) is 7.61. The zero-order chi connectivity index (χ0) is 22.6. The number of carbonyl (C=O) groups excluding carboxylic acids is 2. The Morgan fingerprint density at radius 3 is 2.56 bits per heavy atom. The van der Waals surface area contributed by atoms with Gasteiger partial charge in [-0.25, -0.2) is 13.7 Å². The van der Waals surface area contributed by atoms with E-state index in [0.29, 0.717) is 5.82 Å². The lowest BCUT2D eigenvalue weighted by molar-refractivity contribution is -0.123. The van der Waals surface area contributed by atoms with Gasteiger partial charge < -0.3 is 4.52 Å². The zero-order valence-corrected chi connectivity index (χ0v) is 17.0. The van der Waals surface area contributed by atoms with Crippen molar-refractivity contribution < 1.29 is 22.9 Å². The van der Waals surface area contributed by atoms with Crippen LogP contribution in [0.3, 0.4) is 0 Å². The number of hydrogen-bond donors (Lipinski definition) is 0. The molecule has 2 aromatic carbocycles. The Kier molecular flexibility index (Phi) is 4.54. The van der Waals surface area contributed by atoms with Crippen molar-refractivity contribution in [1.29, 1.82) is 0 Å². The molecule has 3 aromatic rings. The molecular weight excluding hydrogens is 422 g/mol. The third-order valence-corrected chi connectivity index (χ3v) is 5.55. The normalized spacial score (nSPS) is 19.9.